The van der Waals surface area contributed by atoms with E-state index in [1.807, 2.05) is 95.3 Å². The van der Waals surface area contributed by atoms with E-state index in [0.717, 1.165) is 22.3 Å². The summed E-state index contributed by atoms with van der Waals surface area (Å²) >= 11 is 6.26. The molecule has 0 heterocycles. The maximum Gasteiger partial charge on any atom is 0.243 e. The zero-order valence-electron chi connectivity index (χ0n) is 25.4. The van der Waals surface area contributed by atoms with Gasteiger partial charge in [0.25, 0.3) is 0 Å². The van der Waals surface area contributed by atoms with Crippen LogP contribution >= 0.6 is 11.6 Å². The Labute approximate surface area is 255 Å². The zero-order chi connectivity index (χ0) is 31.1. The van der Waals surface area contributed by atoms with Crippen LogP contribution in [0, 0.1) is 13.8 Å². The highest BCUT2D eigenvalue weighted by Crippen LogP contribution is 2.25. The van der Waals surface area contributed by atoms with Crippen LogP contribution < -0.4 is 9.62 Å². The third-order valence-electron chi connectivity index (χ3n) is 6.80. The molecule has 1 N–H and O–H groups in total. The smallest absolute Gasteiger partial charge is 0.243 e. The Hall–Kier alpha value is -3.36. The lowest BCUT2D eigenvalue weighted by molar-refractivity contribution is -0.142. The molecule has 2 amide bonds. The van der Waals surface area contributed by atoms with Gasteiger partial charge in [0.15, 0.2) is 0 Å². The molecule has 0 aliphatic carbocycles. The molecule has 1 atom stereocenters. The van der Waals surface area contributed by atoms with Crippen molar-refractivity contribution < 1.29 is 18.0 Å². The van der Waals surface area contributed by atoms with Crippen molar-refractivity contribution in [1.29, 1.82) is 0 Å². The first-order valence-electron chi connectivity index (χ1n) is 14.1. The highest BCUT2D eigenvalue weighted by atomic mass is 35.5. The van der Waals surface area contributed by atoms with Gasteiger partial charge in [0.05, 0.1) is 11.9 Å². The van der Waals surface area contributed by atoms with Gasteiger partial charge in [-0.25, -0.2) is 8.42 Å². The van der Waals surface area contributed by atoms with E-state index in [1.54, 1.807) is 17.0 Å². The Bertz CT molecular complexity index is 1490. The topological polar surface area (TPSA) is 86.8 Å². The minimum absolute atomic E-state index is 0.0610. The minimum atomic E-state index is -3.59. The van der Waals surface area contributed by atoms with Crippen LogP contribution in [0.3, 0.4) is 0 Å². The number of nitrogens with zero attached hydrogens (tertiary/aromatic N) is 2. The predicted octanol–water partition coefficient (Wildman–Crippen LogP) is 6.06. The number of amides is 2. The van der Waals surface area contributed by atoms with Gasteiger partial charge in [-0.2, -0.15) is 0 Å². The first-order chi connectivity index (χ1) is 19.6. The molecule has 0 fully saturated rings. The standard InChI is InChI=1S/C33H42ClN3O4S/c1-24-17-18-25(2)29(20-24)37(42(6,40)41)19-11-16-31(38)36(23-27-14-10-15-28(34)21-27)30(32(39)35-33(3,4)5)22-26-12-8-7-9-13-26/h7-10,12-15,17-18,20-21,30H,11,16,19,22-23H2,1-6H3,(H,35,39)/t30-/m1/s1. The third kappa shape index (κ3) is 9.88. The number of benzene rings is 3. The van der Waals surface area contributed by atoms with Crippen molar-refractivity contribution >= 4 is 39.1 Å². The lowest BCUT2D eigenvalue weighted by Crippen LogP contribution is -2.54. The minimum Gasteiger partial charge on any atom is -0.350 e. The molecule has 0 saturated carbocycles. The maximum absolute atomic E-state index is 14.0. The Balaban J connectivity index is 1.92. The third-order valence-corrected chi connectivity index (χ3v) is 8.21. The van der Waals surface area contributed by atoms with Gasteiger partial charge in [0.2, 0.25) is 21.8 Å². The lowest BCUT2D eigenvalue weighted by Gasteiger charge is -2.34. The summed E-state index contributed by atoms with van der Waals surface area (Å²) in [5.74, 6) is -0.496. The molecule has 0 radical (unpaired) electrons. The van der Waals surface area contributed by atoms with Crippen molar-refractivity contribution in [1.82, 2.24) is 10.2 Å². The summed E-state index contributed by atoms with van der Waals surface area (Å²) in [6, 6.07) is 21.7. The van der Waals surface area contributed by atoms with Crippen LogP contribution in [-0.4, -0.2) is 49.5 Å². The second-order valence-corrected chi connectivity index (χ2v) is 14.2. The number of rotatable bonds is 12. The molecule has 3 aromatic rings. The van der Waals surface area contributed by atoms with E-state index in [4.69, 9.17) is 11.6 Å². The second kappa shape index (κ2) is 14.2. The number of hydrogen-bond donors (Lipinski definition) is 1. The summed E-state index contributed by atoms with van der Waals surface area (Å²) in [7, 11) is -3.59. The molecule has 0 unspecified atom stereocenters. The summed E-state index contributed by atoms with van der Waals surface area (Å²) < 4.78 is 26.9. The highest BCUT2D eigenvalue weighted by Gasteiger charge is 2.32. The van der Waals surface area contributed by atoms with Crippen molar-refractivity contribution in [3.05, 3.63) is 100 Å². The molecular weight excluding hydrogens is 570 g/mol. The maximum atomic E-state index is 14.0. The molecule has 9 heteroatoms. The molecule has 3 rings (SSSR count). The van der Waals surface area contributed by atoms with Crippen LogP contribution in [0.1, 0.15) is 55.9 Å². The summed E-state index contributed by atoms with van der Waals surface area (Å²) in [4.78, 5) is 29.3. The molecule has 3 aromatic carbocycles. The number of hydrogen-bond acceptors (Lipinski definition) is 4. The van der Waals surface area contributed by atoms with Gasteiger partial charge >= 0.3 is 0 Å². The van der Waals surface area contributed by atoms with Gasteiger partial charge in [0, 0.05) is 36.5 Å². The number of carbonyl (C=O) groups is 2. The van der Waals surface area contributed by atoms with Crippen molar-refractivity contribution in [2.24, 2.45) is 0 Å². The normalized spacial score (nSPS) is 12.5. The molecule has 0 saturated heterocycles. The molecule has 0 bridgehead atoms. The van der Waals surface area contributed by atoms with Crippen molar-refractivity contribution in [3.8, 4) is 0 Å². The number of aryl methyl sites for hydroxylation is 2. The van der Waals surface area contributed by atoms with E-state index in [-0.39, 0.29) is 37.7 Å². The molecule has 7 nitrogen and oxygen atoms in total. The molecule has 0 aliphatic rings. The summed E-state index contributed by atoms with van der Waals surface area (Å²) in [5.41, 5.74) is 3.60. The second-order valence-electron chi connectivity index (χ2n) is 11.8. The van der Waals surface area contributed by atoms with Gasteiger partial charge in [-0.05, 0) is 81.5 Å². The van der Waals surface area contributed by atoms with Crippen LogP contribution in [-0.2, 0) is 32.6 Å². The van der Waals surface area contributed by atoms with Crippen LogP contribution in [0.4, 0.5) is 5.69 Å². The first kappa shape index (κ1) is 33.1. The molecule has 0 spiro atoms. The monoisotopic (exact) mass is 611 g/mol. The summed E-state index contributed by atoms with van der Waals surface area (Å²) in [5, 5.41) is 3.59. The summed E-state index contributed by atoms with van der Waals surface area (Å²) in [6.07, 6.45) is 1.84. The van der Waals surface area contributed by atoms with Crippen LogP contribution in [0.25, 0.3) is 0 Å². The van der Waals surface area contributed by atoms with Crippen molar-refractivity contribution in [3.63, 3.8) is 0 Å². The van der Waals surface area contributed by atoms with Crippen molar-refractivity contribution in [2.45, 2.75) is 72.0 Å². The van der Waals surface area contributed by atoms with E-state index in [9.17, 15) is 18.0 Å². The Kier molecular flexibility index (Phi) is 11.2. The fourth-order valence-electron chi connectivity index (χ4n) is 4.81. The fourth-order valence-corrected chi connectivity index (χ4v) is 6.04. The van der Waals surface area contributed by atoms with E-state index in [0.29, 0.717) is 17.1 Å². The number of sulfonamides is 1. The van der Waals surface area contributed by atoms with E-state index < -0.39 is 21.6 Å². The molecule has 0 aromatic heterocycles. The van der Waals surface area contributed by atoms with Gasteiger partial charge in [-0.15, -0.1) is 0 Å². The predicted molar refractivity (Wildman–Crippen MR) is 171 cm³/mol. The van der Waals surface area contributed by atoms with E-state index in [2.05, 4.69) is 5.32 Å². The molecular formula is C33H42ClN3O4S. The average molecular weight is 612 g/mol. The average Bonchev–Trinajstić information content (AvgIpc) is 2.89. The Morgan fingerprint density at radius 2 is 1.60 bits per heavy atom. The first-order valence-corrected chi connectivity index (χ1v) is 16.3. The zero-order valence-corrected chi connectivity index (χ0v) is 26.9. The lowest BCUT2D eigenvalue weighted by atomic mass is 10.00. The SMILES string of the molecule is Cc1ccc(C)c(N(CCCC(=O)N(Cc2cccc(Cl)c2)[C@H](Cc2ccccc2)C(=O)NC(C)(C)C)S(C)(=O)=O)c1. The van der Waals surface area contributed by atoms with Gasteiger partial charge in [0.1, 0.15) is 6.04 Å². The largest absolute Gasteiger partial charge is 0.350 e. The number of nitrogens with one attached hydrogen (secondary N) is 1. The quantitative estimate of drug-likeness (QED) is 0.270. The summed E-state index contributed by atoms with van der Waals surface area (Å²) in [6.45, 7) is 9.81. The van der Waals surface area contributed by atoms with Crippen LogP contribution in [0.5, 0.6) is 0 Å². The van der Waals surface area contributed by atoms with Crippen LogP contribution in [0.2, 0.25) is 5.02 Å². The molecule has 226 valence electrons. The molecule has 42 heavy (non-hydrogen) atoms. The number of anilines is 1. The number of carbonyl (C=O) groups excluding carboxylic acids is 2. The van der Waals surface area contributed by atoms with Gasteiger partial charge < -0.3 is 10.2 Å². The fraction of sp³-hybridized carbons (Fsp3) is 0.394. The van der Waals surface area contributed by atoms with E-state index >= 15 is 0 Å². The van der Waals surface area contributed by atoms with Gasteiger partial charge in [-0.3, -0.25) is 13.9 Å². The van der Waals surface area contributed by atoms with Crippen LogP contribution in [0.15, 0.2) is 72.8 Å². The van der Waals surface area contributed by atoms with Crippen molar-refractivity contribution in [2.75, 3.05) is 17.1 Å². The Morgan fingerprint density at radius 1 is 0.929 bits per heavy atom. The van der Waals surface area contributed by atoms with Gasteiger partial charge in [-0.1, -0.05) is 66.2 Å². The number of halogens is 1. The Morgan fingerprint density at radius 3 is 2.21 bits per heavy atom. The highest BCUT2D eigenvalue weighted by molar-refractivity contribution is 7.92. The molecule has 0 aliphatic heterocycles. The van der Waals surface area contributed by atoms with E-state index in [1.165, 1.54) is 10.6 Å².